The third-order valence-electron chi connectivity index (χ3n) is 2.97. The minimum atomic E-state index is -0.439. The monoisotopic (exact) mass is 418 g/mol. The third-order valence-corrected chi connectivity index (χ3v) is 4.23. The molecule has 0 atom stereocenters. The molecule has 21 heavy (non-hydrogen) atoms. The molecule has 1 heterocycles. The summed E-state index contributed by atoms with van der Waals surface area (Å²) in [6.45, 7) is 6.23. The second-order valence-corrected chi connectivity index (χ2v) is 7.16. The van der Waals surface area contributed by atoms with Crippen molar-refractivity contribution in [3.63, 3.8) is 0 Å². The largest absolute Gasteiger partial charge is 0.464 e. The van der Waals surface area contributed by atoms with E-state index in [9.17, 15) is 4.79 Å². The fourth-order valence-electron chi connectivity index (χ4n) is 2.07. The van der Waals surface area contributed by atoms with E-state index in [2.05, 4.69) is 48.5 Å². The van der Waals surface area contributed by atoms with Crippen LogP contribution in [0.3, 0.4) is 0 Å². The minimum absolute atomic E-state index is 0.182. The van der Waals surface area contributed by atoms with Crippen molar-refractivity contribution in [3.05, 3.63) is 44.2 Å². The number of ether oxygens (including phenoxy) is 1. The number of aromatic nitrogens is 2. The molecule has 112 valence electrons. The standard InChI is InChI=1S/C15H16ClIN2O2/c1-15(2,3)13-11(17)12(14(20)21-4)18-19(13)10-7-5-6-9(16)8-10/h5-8H,1-4H3. The first kappa shape index (κ1) is 16.3. The molecule has 0 bridgehead atoms. The van der Waals surface area contributed by atoms with Crippen LogP contribution in [-0.2, 0) is 10.2 Å². The summed E-state index contributed by atoms with van der Waals surface area (Å²) in [4.78, 5) is 11.9. The molecular weight excluding hydrogens is 403 g/mol. The van der Waals surface area contributed by atoms with Gasteiger partial charge in [0.25, 0.3) is 0 Å². The van der Waals surface area contributed by atoms with Gasteiger partial charge in [-0.3, -0.25) is 0 Å². The third kappa shape index (κ3) is 3.23. The SMILES string of the molecule is COC(=O)c1nn(-c2cccc(Cl)c2)c(C(C)(C)C)c1I. The fourth-order valence-corrected chi connectivity index (χ4v) is 3.62. The summed E-state index contributed by atoms with van der Waals surface area (Å²) in [5.41, 5.74) is 1.91. The lowest BCUT2D eigenvalue weighted by atomic mass is 9.91. The van der Waals surface area contributed by atoms with Crippen LogP contribution in [0.1, 0.15) is 37.0 Å². The molecule has 0 aliphatic carbocycles. The molecule has 0 aliphatic rings. The number of rotatable bonds is 2. The van der Waals surface area contributed by atoms with Gasteiger partial charge in [-0.05, 0) is 40.8 Å². The van der Waals surface area contributed by atoms with Crippen molar-refractivity contribution in [3.8, 4) is 5.69 Å². The summed E-state index contributed by atoms with van der Waals surface area (Å²) >= 11 is 8.21. The lowest BCUT2D eigenvalue weighted by molar-refractivity contribution is 0.0592. The predicted octanol–water partition coefficient (Wildman–Crippen LogP) is 4.21. The van der Waals surface area contributed by atoms with E-state index >= 15 is 0 Å². The van der Waals surface area contributed by atoms with Gasteiger partial charge < -0.3 is 4.74 Å². The van der Waals surface area contributed by atoms with E-state index in [1.165, 1.54) is 7.11 Å². The number of esters is 1. The van der Waals surface area contributed by atoms with Crippen molar-refractivity contribution < 1.29 is 9.53 Å². The molecule has 1 aromatic heterocycles. The highest BCUT2D eigenvalue weighted by Crippen LogP contribution is 2.32. The summed E-state index contributed by atoms with van der Waals surface area (Å²) in [5, 5.41) is 5.06. The molecule has 0 saturated heterocycles. The van der Waals surface area contributed by atoms with Crippen molar-refractivity contribution >= 4 is 40.2 Å². The topological polar surface area (TPSA) is 44.1 Å². The van der Waals surface area contributed by atoms with Gasteiger partial charge in [0.05, 0.1) is 22.1 Å². The van der Waals surface area contributed by atoms with Crippen LogP contribution >= 0.6 is 34.2 Å². The molecule has 2 aromatic rings. The van der Waals surface area contributed by atoms with Crippen LogP contribution in [0, 0.1) is 3.57 Å². The Bertz CT molecular complexity index is 689. The molecule has 1 aromatic carbocycles. The summed E-state index contributed by atoms with van der Waals surface area (Å²) in [7, 11) is 1.35. The van der Waals surface area contributed by atoms with E-state index in [-0.39, 0.29) is 5.41 Å². The number of carbonyl (C=O) groups is 1. The van der Waals surface area contributed by atoms with Crippen molar-refractivity contribution in [2.24, 2.45) is 0 Å². The highest BCUT2D eigenvalue weighted by atomic mass is 127. The lowest BCUT2D eigenvalue weighted by Gasteiger charge is -2.21. The normalized spacial score (nSPS) is 11.5. The number of hydrogen-bond acceptors (Lipinski definition) is 3. The Kier molecular flexibility index (Phi) is 4.63. The maximum absolute atomic E-state index is 11.9. The van der Waals surface area contributed by atoms with Gasteiger partial charge in [0.1, 0.15) is 0 Å². The first-order valence-corrected chi connectivity index (χ1v) is 7.84. The number of benzene rings is 1. The zero-order chi connectivity index (χ0) is 15.8. The van der Waals surface area contributed by atoms with Gasteiger partial charge in [0.2, 0.25) is 0 Å². The van der Waals surface area contributed by atoms with Gasteiger partial charge in [0.15, 0.2) is 5.69 Å². The molecule has 2 rings (SSSR count). The Morgan fingerprint density at radius 1 is 1.38 bits per heavy atom. The molecule has 0 spiro atoms. The highest BCUT2D eigenvalue weighted by Gasteiger charge is 2.29. The molecular formula is C15H16ClIN2O2. The summed E-state index contributed by atoms with van der Waals surface area (Å²) in [6.07, 6.45) is 0. The molecule has 0 fully saturated rings. The zero-order valence-corrected chi connectivity index (χ0v) is 15.2. The Morgan fingerprint density at radius 2 is 2.05 bits per heavy atom. The number of nitrogens with zero attached hydrogens (tertiary/aromatic N) is 2. The van der Waals surface area contributed by atoms with Gasteiger partial charge >= 0.3 is 5.97 Å². The smallest absolute Gasteiger partial charge is 0.359 e. The average molecular weight is 419 g/mol. The van der Waals surface area contributed by atoms with E-state index in [0.717, 1.165) is 15.0 Å². The number of halogens is 2. The van der Waals surface area contributed by atoms with Crippen LogP contribution in [0.4, 0.5) is 0 Å². The Morgan fingerprint density at radius 3 is 2.57 bits per heavy atom. The first-order chi connectivity index (χ1) is 9.75. The van der Waals surface area contributed by atoms with Crippen LogP contribution < -0.4 is 0 Å². The molecule has 0 saturated carbocycles. The van der Waals surface area contributed by atoms with Gasteiger partial charge in [0, 0.05) is 10.4 Å². The zero-order valence-electron chi connectivity index (χ0n) is 12.3. The van der Waals surface area contributed by atoms with Gasteiger partial charge in [-0.2, -0.15) is 5.10 Å². The van der Waals surface area contributed by atoms with Gasteiger partial charge in [-0.15, -0.1) is 0 Å². The quantitative estimate of drug-likeness (QED) is 0.542. The Labute approximate surface area is 142 Å². The van der Waals surface area contributed by atoms with E-state index in [4.69, 9.17) is 16.3 Å². The second-order valence-electron chi connectivity index (χ2n) is 5.64. The van der Waals surface area contributed by atoms with Crippen LogP contribution in [0.2, 0.25) is 5.02 Å². The van der Waals surface area contributed by atoms with Gasteiger partial charge in [-0.1, -0.05) is 38.4 Å². The second kappa shape index (κ2) is 5.96. The van der Waals surface area contributed by atoms with Crippen molar-refractivity contribution in [2.45, 2.75) is 26.2 Å². The predicted molar refractivity (Wildman–Crippen MR) is 91.3 cm³/mol. The molecule has 0 aliphatic heterocycles. The van der Waals surface area contributed by atoms with E-state index in [0.29, 0.717) is 10.7 Å². The molecule has 4 nitrogen and oxygen atoms in total. The lowest BCUT2D eigenvalue weighted by Crippen LogP contribution is -2.18. The van der Waals surface area contributed by atoms with E-state index in [1.54, 1.807) is 10.7 Å². The van der Waals surface area contributed by atoms with Crippen LogP contribution in [0.25, 0.3) is 5.69 Å². The van der Waals surface area contributed by atoms with Crippen LogP contribution in [-0.4, -0.2) is 22.9 Å². The van der Waals surface area contributed by atoms with Crippen molar-refractivity contribution in [2.75, 3.05) is 7.11 Å². The summed E-state index contributed by atoms with van der Waals surface area (Å²) < 4.78 is 7.37. The van der Waals surface area contributed by atoms with Crippen LogP contribution in [0.5, 0.6) is 0 Å². The number of methoxy groups -OCH3 is 1. The fraction of sp³-hybridized carbons (Fsp3) is 0.333. The molecule has 0 unspecified atom stereocenters. The maximum atomic E-state index is 11.9. The Balaban J connectivity index is 2.73. The Hall–Kier alpha value is -1.08. The molecule has 0 radical (unpaired) electrons. The van der Waals surface area contributed by atoms with Crippen molar-refractivity contribution in [1.29, 1.82) is 0 Å². The highest BCUT2D eigenvalue weighted by molar-refractivity contribution is 14.1. The number of hydrogen-bond donors (Lipinski definition) is 0. The van der Waals surface area contributed by atoms with E-state index in [1.807, 2.05) is 18.2 Å². The van der Waals surface area contributed by atoms with Gasteiger partial charge in [-0.25, -0.2) is 9.48 Å². The van der Waals surface area contributed by atoms with E-state index < -0.39 is 5.97 Å². The van der Waals surface area contributed by atoms with Crippen molar-refractivity contribution in [1.82, 2.24) is 9.78 Å². The molecule has 6 heteroatoms. The molecule has 0 N–H and O–H groups in total. The summed E-state index contributed by atoms with van der Waals surface area (Å²) in [5.74, 6) is -0.439. The minimum Gasteiger partial charge on any atom is -0.464 e. The molecule has 0 amide bonds. The maximum Gasteiger partial charge on any atom is 0.359 e. The summed E-state index contributed by atoms with van der Waals surface area (Å²) in [6, 6.07) is 7.39. The first-order valence-electron chi connectivity index (χ1n) is 6.39. The van der Waals surface area contributed by atoms with Crippen LogP contribution in [0.15, 0.2) is 24.3 Å². The average Bonchev–Trinajstić information content (AvgIpc) is 2.75. The number of carbonyl (C=O) groups excluding carboxylic acids is 1.